The van der Waals surface area contributed by atoms with Crippen LogP contribution in [0.1, 0.15) is 59.2 Å². The first-order valence-corrected chi connectivity index (χ1v) is 11.9. The third kappa shape index (κ3) is 4.42. The third-order valence-electron chi connectivity index (χ3n) is 6.27. The molecule has 35 heavy (non-hydrogen) atoms. The molecule has 0 aliphatic carbocycles. The van der Waals surface area contributed by atoms with Gasteiger partial charge in [0.05, 0.1) is 17.3 Å². The summed E-state index contributed by atoms with van der Waals surface area (Å²) in [6.45, 7) is 4.34. The van der Waals surface area contributed by atoms with Crippen molar-refractivity contribution in [2.75, 3.05) is 4.90 Å². The number of rotatable bonds is 6. The molecule has 1 aliphatic heterocycles. The number of carboxylic acids is 1. The largest absolute Gasteiger partial charge is 0.478 e. The molecule has 0 amide bonds. The molecule has 1 fully saturated rings. The highest BCUT2D eigenvalue weighted by Gasteiger charge is 2.42. The minimum Gasteiger partial charge on any atom is -0.478 e. The van der Waals surface area contributed by atoms with Crippen LogP contribution in [0, 0.1) is 0 Å². The molecule has 0 unspecified atom stereocenters. The summed E-state index contributed by atoms with van der Waals surface area (Å²) in [6.07, 6.45) is 1.77. The Morgan fingerprint density at radius 2 is 1.77 bits per heavy atom. The number of hydrogen-bond donors (Lipinski definition) is 2. The van der Waals surface area contributed by atoms with E-state index in [1.54, 1.807) is 30.5 Å². The van der Waals surface area contributed by atoms with Crippen LogP contribution >= 0.6 is 12.2 Å². The van der Waals surface area contributed by atoms with Crippen molar-refractivity contribution < 1.29 is 14.3 Å². The van der Waals surface area contributed by atoms with Crippen LogP contribution < -0.4 is 10.2 Å². The quantitative estimate of drug-likeness (QED) is 0.310. The maximum Gasteiger partial charge on any atom is 0.335 e. The molecular formula is C28H25N3O3S. The van der Waals surface area contributed by atoms with Crippen molar-refractivity contribution in [1.29, 1.82) is 0 Å². The summed E-state index contributed by atoms with van der Waals surface area (Å²) < 4.78 is 6.35. The van der Waals surface area contributed by atoms with Crippen LogP contribution in [0.25, 0.3) is 11.3 Å². The molecule has 1 saturated heterocycles. The SMILES string of the molecule is CC(C)c1ccc(N2C(=S)N[C@@H](c3ccccn3)[C@H]2c2ccc(-c3ccc(C(=O)O)cc3)o2)cc1. The van der Waals surface area contributed by atoms with Gasteiger partial charge >= 0.3 is 5.97 Å². The molecule has 2 N–H and O–H groups in total. The number of furan rings is 1. The van der Waals surface area contributed by atoms with Crippen LogP contribution in [0.3, 0.4) is 0 Å². The molecular weight excluding hydrogens is 458 g/mol. The Morgan fingerprint density at radius 1 is 1.03 bits per heavy atom. The highest BCUT2D eigenvalue weighted by molar-refractivity contribution is 7.80. The second-order valence-corrected chi connectivity index (χ2v) is 9.21. The summed E-state index contributed by atoms with van der Waals surface area (Å²) in [5.74, 6) is 0.868. The zero-order valence-electron chi connectivity index (χ0n) is 19.4. The van der Waals surface area contributed by atoms with Crippen molar-refractivity contribution in [3.05, 3.63) is 108 Å². The second kappa shape index (κ2) is 9.35. The smallest absolute Gasteiger partial charge is 0.335 e. The lowest BCUT2D eigenvalue weighted by molar-refractivity contribution is 0.0697. The Balaban J connectivity index is 1.55. The van der Waals surface area contributed by atoms with Gasteiger partial charge in [-0.2, -0.15) is 0 Å². The monoisotopic (exact) mass is 483 g/mol. The number of nitrogens with one attached hydrogen (secondary N) is 1. The molecule has 2 aromatic heterocycles. The van der Waals surface area contributed by atoms with Gasteiger partial charge in [0, 0.05) is 17.4 Å². The third-order valence-corrected chi connectivity index (χ3v) is 6.59. The number of carboxylic acid groups (broad SMARTS) is 1. The van der Waals surface area contributed by atoms with E-state index >= 15 is 0 Å². The normalized spacial score (nSPS) is 17.6. The number of hydrogen-bond acceptors (Lipinski definition) is 4. The number of anilines is 1. The summed E-state index contributed by atoms with van der Waals surface area (Å²) in [5.41, 5.74) is 4.13. The van der Waals surface area contributed by atoms with Crippen molar-refractivity contribution in [2.24, 2.45) is 0 Å². The predicted octanol–water partition coefficient (Wildman–Crippen LogP) is 6.34. The van der Waals surface area contributed by atoms with E-state index in [0.717, 1.165) is 22.7 Å². The van der Waals surface area contributed by atoms with Gasteiger partial charge in [0.15, 0.2) is 5.11 Å². The molecule has 7 heteroatoms. The summed E-state index contributed by atoms with van der Waals surface area (Å²) in [4.78, 5) is 17.9. The zero-order valence-corrected chi connectivity index (χ0v) is 20.2. The minimum atomic E-state index is -0.959. The van der Waals surface area contributed by atoms with Crippen molar-refractivity contribution in [3.8, 4) is 11.3 Å². The van der Waals surface area contributed by atoms with E-state index in [1.807, 2.05) is 30.3 Å². The zero-order chi connectivity index (χ0) is 24.5. The summed E-state index contributed by atoms with van der Waals surface area (Å²) in [6, 6.07) is 24.3. The Morgan fingerprint density at radius 3 is 2.40 bits per heavy atom. The molecule has 176 valence electrons. The first-order chi connectivity index (χ1) is 16.9. The fraction of sp³-hybridized carbons (Fsp3) is 0.179. The van der Waals surface area contributed by atoms with Crippen molar-refractivity contribution in [1.82, 2.24) is 10.3 Å². The van der Waals surface area contributed by atoms with Gasteiger partial charge in [-0.25, -0.2) is 4.79 Å². The average molecular weight is 484 g/mol. The fourth-order valence-electron chi connectivity index (χ4n) is 4.39. The molecule has 3 heterocycles. The topological polar surface area (TPSA) is 78.6 Å². The standard InChI is InChI=1S/C28H25N3O3S/c1-17(2)18-10-12-21(13-11-18)31-26(25(30-28(31)35)22-5-3-4-16-29-22)24-15-14-23(34-24)19-6-8-20(9-7-19)27(32)33/h3-17,25-26H,1-2H3,(H,30,35)(H,32,33)/t25-,26+/m0/s1. The molecule has 0 bridgehead atoms. The van der Waals surface area contributed by atoms with E-state index in [0.29, 0.717) is 16.8 Å². The second-order valence-electron chi connectivity index (χ2n) is 8.83. The van der Waals surface area contributed by atoms with Gasteiger partial charge in [0.1, 0.15) is 17.6 Å². The van der Waals surface area contributed by atoms with Gasteiger partial charge in [-0.1, -0.05) is 44.2 Å². The van der Waals surface area contributed by atoms with E-state index in [1.165, 1.54) is 5.56 Å². The van der Waals surface area contributed by atoms with Crippen LogP contribution in [0.4, 0.5) is 5.69 Å². The number of thiocarbonyl (C=S) groups is 1. The first kappa shape index (κ1) is 22.8. The number of pyridine rings is 1. The number of aromatic carboxylic acids is 1. The van der Waals surface area contributed by atoms with E-state index in [-0.39, 0.29) is 17.6 Å². The molecule has 0 spiro atoms. The number of carbonyl (C=O) groups is 1. The van der Waals surface area contributed by atoms with Gasteiger partial charge in [-0.3, -0.25) is 4.98 Å². The fourth-order valence-corrected chi connectivity index (χ4v) is 4.73. The van der Waals surface area contributed by atoms with E-state index < -0.39 is 5.97 Å². The Labute approximate surface area is 209 Å². The lowest BCUT2D eigenvalue weighted by Gasteiger charge is -2.26. The summed E-state index contributed by atoms with van der Waals surface area (Å²) >= 11 is 5.79. The van der Waals surface area contributed by atoms with Crippen LogP contribution in [-0.4, -0.2) is 21.2 Å². The first-order valence-electron chi connectivity index (χ1n) is 11.5. The maximum absolute atomic E-state index is 11.2. The summed E-state index contributed by atoms with van der Waals surface area (Å²) in [5, 5.41) is 13.2. The molecule has 0 saturated carbocycles. The molecule has 4 aromatic rings. The highest BCUT2D eigenvalue weighted by Crippen LogP contribution is 2.43. The Kier molecular flexibility index (Phi) is 6.09. The maximum atomic E-state index is 11.2. The van der Waals surface area contributed by atoms with Crippen LogP contribution in [0.5, 0.6) is 0 Å². The number of nitrogens with zero attached hydrogens (tertiary/aromatic N) is 2. The summed E-state index contributed by atoms with van der Waals surface area (Å²) in [7, 11) is 0. The Hall–Kier alpha value is -3.97. The minimum absolute atomic E-state index is 0.207. The molecule has 5 rings (SSSR count). The van der Waals surface area contributed by atoms with Crippen molar-refractivity contribution in [2.45, 2.75) is 31.8 Å². The Bertz CT molecular complexity index is 1350. The lowest BCUT2D eigenvalue weighted by Crippen LogP contribution is -2.29. The van der Waals surface area contributed by atoms with E-state index in [4.69, 9.17) is 16.6 Å². The van der Waals surface area contributed by atoms with Crippen LogP contribution in [0.15, 0.2) is 89.5 Å². The number of benzene rings is 2. The number of aromatic nitrogens is 1. The molecule has 1 aliphatic rings. The molecule has 0 radical (unpaired) electrons. The molecule has 2 atom stereocenters. The van der Waals surface area contributed by atoms with Gasteiger partial charge < -0.3 is 19.7 Å². The average Bonchev–Trinajstić information content (AvgIpc) is 3.49. The highest BCUT2D eigenvalue weighted by atomic mass is 32.1. The lowest BCUT2D eigenvalue weighted by atomic mass is 10.0. The van der Waals surface area contributed by atoms with Crippen molar-refractivity contribution in [3.63, 3.8) is 0 Å². The van der Waals surface area contributed by atoms with Crippen molar-refractivity contribution >= 4 is 29.0 Å². The van der Waals surface area contributed by atoms with Gasteiger partial charge in [0.25, 0.3) is 0 Å². The van der Waals surface area contributed by atoms with Gasteiger partial charge in [-0.15, -0.1) is 0 Å². The van der Waals surface area contributed by atoms with Crippen LogP contribution in [-0.2, 0) is 0 Å². The van der Waals surface area contributed by atoms with Gasteiger partial charge in [0.2, 0.25) is 0 Å². The van der Waals surface area contributed by atoms with E-state index in [9.17, 15) is 9.90 Å². The molecule has 6 nitrogen and oxygen atoms in total. The van der Waals surface area contributed by atoms with E-state index in [2.05, 4.69) is 53.3 Å². The predicted molar refractivity (Wildman–Crippen MR) is 140 cm³/mol. The van der Waals surface area contributed by atoms with Gasteiger partial charge in [-0.05, 0) is 72.2 Å². The molecule has 2 aromatic carbocycles. The van der Waals surface area contributed by atoms with Crippen LogP contribution in [0.2, 0.25) is 0 Å².